The van der Waals surface area contributed by atoms with Crippen molar-refractivity contribution in [3.63, 3.8) is 0 Å². The zero-order valence-corrected chi connectivity index (χ0v) is 10.9. The first-order valence-corrected chi connectivity index (χ1v) is 5.27. The first-order chi connectivity index (χ1) is 8.00. The number of hydrogen-bond acceptors (Lipinski definition) is 4. The van der Waals surface area contributed by atoms with Crippen LogP contribution in [0, 0.1) is 0 Å². The molecule has 1 aromatic carbocycles. The largest absolute Gasteiger partial charge is 0.496 e. The summed E-state index contributed by atoms with van der Waals surface area (Å²) >= 11 is 0. The van der Waals surface area contributed by atoms with Crippen LogP contribution in [0.1, 0.15) is 19.4 Å². The second kappa shape index (κ2) is 5.08. The van der Waals surface area contributed by atoms with Gasteiger partial charge in [-0.2, -0.15) is 0 Å². The van der Waals surface area contributed by atoms with Crippen molar-refractivity contribution in [2.24, 2.45) is 0 Å². The molecule has 0 amide bonds. The Kier molecular flexibility index (Phi) is 3.99. The Bertz CT molecular complexity index is 410. The Labute approximate surface area is 101 Å². The molecule has 0 saturated carbocycles. The molecule has 1 rings (SSSR count). The van der Waals surface area contributed by atoms with Crippen LogP contribution in [0.4, 0.5) is 0 Å². The number of rotatable bonds is 5. The van der Waals surface area contributed by atoms with Gasteiger partial charge in [0.1, 0.15) is 12.0 Å². The molecule has 0 aliphatic heterocycles. The number of hydrogen-bond donors (Lipinski definition) is 0. The number of carbonyl (C=O) groups excluding carboxylic acids is 1. The zero-order chi connectivity index (χ0) is 13.1. The minimum absolute atomic E-state index is 0.579. The van der Waals surface area contributed by atoms with Gasteiger partial charge in [-0.3, -0.25) is 0 Å². The summed E-state index contributed by atoms with van der Waals surface area (Å²) in [6.07, 6.45) is 0.886. The van der Waals surface area contributed by atoms with Crippen LogP contribution >= 0.6 is 0 Å². The second-order valence-electron chi connectivity index (χ2n) is 4.25. The van der Waals surface area contributed by atoms with E-state index < -0.39 is 5.41 Å². The zero-order valence-electron chi connectivity index (χ0n) is 10.9. The summed E-state index contributed by atoms with van der Waals surface area (Å²) in [6, 6.07) is 3.49. The average Bonchev–Trinajstić information content (AvgIpc) is 2.36. The maximum atomic E-state index is 11.1. The summed E-state index contributed by atoms with van der Waals surface area (Å²) in [7, 11) is 4.68. The molecule has 0 unspecified atom stereocenters. The molecule has 4 nitrogen and oxygen atoms in total. The highest BCUT2D eigenvalue weighted by atomic mass is 16.5. The van der Waals surface area contributed by atoms with Crippen molar-refractivity contribution in [2.45, 2.75) is 19.3 Å². The Hall–Kier alpha value is -1.71. The van der Waals surface area contributed by atoms with E-state index in [2.05, 4.69) is 0 Å². The topological polar surface area (TPSA) is 44.8 Å². The molecular weight excluding hydrogens is 220 g/mol. The average molecular weight is 238 g/mol. The van der Waals surface area contributed by atoms with E-state index in [4.69, 9.17) is 14.2 Å². The van der Waals surface area contributed by atoms with Crippen molar-refractivity contribution >= 4 is 6.29 Å². The molecule has 0 spiro atoms. The molecule has 1 aromatic rings. The Balaban J connectivity index is 3.43. The summed E-state index contributed by atoms with van der Waals surface area (Å²) < 4.78 is 15.7. The highest BCUT2D eigenvalue weighted by molar-refractivity contribution is 5.71. The molecule has 0 atom stereocenters. The van der Waals surface area contributed by atoms with Crippen LogP contribution in [-0.2, 0) is 10.2 Å². The van der Waals surface area contributed by atoms with Gasteiger partial charge in [0, 0.05) is 17.0 Å². The highest BCUT2D eigenvalue weighted by Crippen LogP contribution is 2.39. The number of aldehydes is 1. The molecule has 0 aliphatic rings. The van der Waals surface area contributed by atoms with Crippen LogP contribution < -0.4 is 14.2 Å². The Morgan fingerprint density at radius 1 is 0.941 bits per heavy atom. The van der Waals surface area contributed by atoms with E-state index in [1.807, 2.05) is 13.8 Å². The maximum Gasteiger partial charge on any atom is 0.164 e. The van der Waals surface area contributed by atoms with Crippen LogP contribution in [0.25, 0.3) is 0 Å². The summed E-state index contributed by atoms with van der Waals surface area (Å²) in [5.41, 5.74) is 0.137. The predicted octanol–water partition coefficient (Wildman–Crippen LogP) is 2.19. The monoisotopic (exact) mass is 238 g/mol. The molecule has 4 heteroatoms. The molecule has 0 fully saturated rings. The lowest BCUT2D eigenvalue weighted by Crippen LogP contribution is -2.20. The predicted molar refractivity (Wildman–Crippen MR) is 65.2 cm³/mol. The summed E-state index contributed by atoms with van der Waals surface area (Å²) in [5, 5.41) is 0. The van der Waals surface area contributed by atoms with Gasteiger partial charge in [-0.25, -0.2) is 0 Å². The van der Waals surface area contributed by atoms with Gasteiger partial charge < -0.3 is 19.0 Å². The second-order valence-corrected chi connectivity index (χ2v) is 4.25. The number of ether oxygens (including phenoxy) is 3. The fourth-order valence-corrected chi connectivity index (χ4v) is 1.60. The van der Waals surface area contributed by atoms with Gasteiger partial charge in [-0.05, 0) is 19.9 Å². The molecule has 0 heterocycles. The van der Waals surface area contributed by atoms with Crippen LogP contribution in [0.15, 0.2) is 12.1 Å². The third-order valence-corrected chi connectivity index (χ3v) is 2.69. The molecule has 17 heavy (non-hydrogen) atoms. The van der Waals surface area contributed by atoms with E-state index >= 15 is 0 Å². The number of carbonyl (C=O) groups is 1. The lowest BCUT2D eigenvalue weighted by atomic mass is 9.85. The van der Waals surface area contributed by atoms with Crippen molar-refractivity contribution in [2.75, 3.05) is 21.3 Å². The molecule has 0 saturated heterocycles. The van der Waals surface area contributed by atoms with E-state index in [-0.39, 0.29) is 0 Å². The van der Waals surface area contributed by atoms with Gasteiger partial charge >= 0.3 is 0 Å². The van der Waals surface area contributed by atoms with Gasteiger partial charge in [0.05, 0.1) is 21.3 Å². The molecule has 0 aromatic heterocycles. The number of methoxy groups -OCH3 is 3. The molecule has 94 valence electrons. The quantitative estimate of drug-likeness (QED) is 0.738. The third-order valence-electron chi connectivity index (χ3n) is 2.69. The fourth-order valence-electron chi connectivity index (χ4n) is 1.60. The van der Waals surface area contributed by atoms with Crippen LogP contribution in [-0.4, -0.2) is 27.6 Å². The molecule has 0 aliphatic carbocycles. The minimum Gasteiger partial charge on any atom is -0.496 e. The van der Waals surface area contributed by atoms with Crippen molar-refractivity contribution in [1.29, 1.82) is 0 Å². The van der Waals surface area contributed by atoms with Crippen molar-refractivity contribution in [3.05, 3.63) is 17.7 Å². The first kappa shape index (κ1) is 13.4. The van der Waals surface area contributed by atoms with Crippen LogP contribution in [0.2, 0.25) is 0 Å². The van der Waals surface area contributed by atoms with E-state index in [0.29, 0.717) is 17.2 Å². The van der Waals surface area contributed by atoms with E-state index in [1.54, 1.807) is 33.5 Å². The van der Waals surface area contributed by atoms with Crippen LogP contribution in [0.5, 0.6) is 17.2 Å². The summed E-state index contributed by atoms with van der Waals surface area (Å²) in [6.45, 7) is 3.65. The highest BCUT2D eigenvalue weighted by Gasteiger charge is 2.26. The van der Waals surface area contributed by atoms with E-state index in [9.17, 15) is 4.79 Å². The first-order valence-electron chi connectivity index (χ1n) is 5.27. The fraction of sp³-hybridized carbons (Fsp3) is 0.462. The normalized spacial score (nSPS) is 10.9. The maximum absolute atomic E-state index is 11.1. The van der Waals surface area contributed by atoms with Gasteiger partial charge in [0.2, 0.25) is 0 Å². The SMILES string of the molecule is COc1cc(OC)c(C(C)(C)C=O)cc1OC. The van der Waals surface area contributed by atoms with Gasteiger partial charge in [0.25, 0.3) is 0 Å². The summed E-state index contributed by atoms with van der Waals surface area (Å²) in [4.78, 5) is 11.1. The molecule has 0 bridgehead atoms. The third kappa shape index (κ3) is 2.52. The molecule has 0 N–H and O–H groups in total. The van der Waals surface area contributed by atoms with Gasteiger partial charge in [0.15, 0.2) is 11.5 Å². The summed E-state index contributed by atoms with van der Waals surface area (Å²) in [5.74, 6) is 1.77. The lowest BCUT2D eigenvalue weighted by molar-refractivity contribution is -0.111. The van der Waals surface area contributed by atoms with Gasteiger partial charge in [-0.1, -0.05) is 0 Å². The number of benzene rings is 1. The van der Waals surface area contributed by atoms with Crippen molar-refractivity contribution in [3.8, 4) is 17.2 Å². The van der Waals surface area contributed by atoms with Crippen molar-refractivity contribution in [1.82, 2.24) is 0 Å². The Morgan fingerprint density at radius 3 is 1.82 bits per heavy atom. The van der Waals surface area contributed by atoms with E-state index in [1.165, 1.54) is 0 Å². The van der Waals surface area contributed by atoms with Crippen molar-refractivity contribution < 1.29 is 19.0 Å². The minimum atomic E-state index is -0.634. The molecular formula is C13H18O4. The Morgan fingerprint density at radius 2 is 1.41 bits per heavy atom. The smallest absolute Gasteiger partial charge is 0.164 e. The van der Waals surface area contributed by atoms with Gasteiger partial charge in [-0.15, -0.1) is 0 Å². The molecule has 0 radical (unpaired) electrons. The lowest BCUT2D eigenvalue weighted by Gasteiger charge is -2.22. The standard InChI is InChI=1S/C13H18O4/c1-13(2,8-14)9-6-11(16-4)12(17-5)7-10(9)15-3/h6-8H,1-5H3. The van der Waals surface area contributed by atoms with E-state index in [0.717, 1.165) is 11.8 Å². The van der Waals surface area contributed by atoms with Crippen LogP contribution in [0.3, 0.4) is 0 Å².